The highest BCUT2D eigenvalue weighted by atomic mass is 32.2. The van der Waals surface area contributed by atoms with Crippen molar-refractivity contribution in [1.29, 1.82) is 0 Å². The van der Waals surface area contributed by atoms with Crippen molar-refractivity contribution >= 4 is 15.7 Å². The Morgan fingerprint density at radius 1 is 1.22 bits per heavy atom. The van der Waals surface area contributed by atoms with Crippen molar-refractivity contribution in [1.82, 2.24) is 0 Å². The minimum atomic E-state index is -3.84. The van der Waals surface area contributed by atoms with Crippen LogP contribution in [0.2, 0.25) is 0 Å². The van der Waals surface area contributed by atoms with Gasteiger partial charge in [-0.1, -0.05) is 19.3 Å². The number of rotatable bonds is 3. The zero-order valence-electron chi connectivity index (χ0n) is 10.0. The Morgan fingerprint density at radius 2 is 1.89 bits per heavy atom. The van der Waals surface area contributed by atoms with Crippen molar-refractivity contribution in [2.24, 2.45) is 5.14 Å². The highest BCUT2D eigenvalue weighted by Gasteiger charge is 2.16. The highest BCUT2D eigenvalue weighted by molar-refractivity contribution is 7.89. The van der Waals surface area contributed by atoms with Gasteiger partial charge in [0, 0.05) is 6.04 Å². The van der Waals surface area contributed by atoms with Crippen LogP contribution in [0.5, 0.6) is 0 Å². The number of benzene rings is 1. The van der Waals surface area contributed by atoms with E-state index in [1.807, 2.05) is 0 Å². The van der Waals surface area contributed by atoms with Gasteiger partial charge in [0.25, 0.3) is 0 Å². The van der Waals surface area contributed by atoms with Gasteiger partial charge < -0.3 is 5.32 Å². The third-order valence-corrected chi connectivity index (χ3v) is 4.14. The van der Waals surface area contributed by atoms with Crippen molar-refractivity contribution in [2.75, 3.05) is 5.32 Å². The maximum absolute atomic E-state index is 13.8. The van der Waals surface area contributed by atoms with Crippen LogP contribution in [0, 0.1) is 5.82 Å². The number of hydrogen-bond donors (Lipinski definition) is 2. The Labute approximate surface area is 106 Å². The summed E-state index contributed by atoms with van der Waals surface area (Å²) in [4.78, 5) is -0.200. The molecule has 0 spiro atoms. The molecule has 4 nitrogen and oxygen atoms in total. The molecule has 1 aromatic rings. The lowest BCUT2D eigenvalue weighted by Gasteiger charge is -2.24. The number of halogens is 1. The average molecular weight is 272 g/mol. The topological polar surface area (TPSA) is 72.2 Å². The SMILES string of the molecule is NS(=O)(=O)c1ccc(NC2CCCCC2)c(F)c1. The predicted octanol–water partition coefficient (Wildman–Crippen LogP) is 2.22. The van der Waals surface area contributed by atoms with Gasteiger partial charge in [-0.2, -0.15) is 0 Å². The second-order valence-electron chi connectivity index (χ2n) is 4.67. The first-order valence-corrected chi connectivity index (χ1v) is 7.60. The summed E-state index contributed by atoms with van der Waals surface area (Å²) < 4.78 is 35.9. The van der Waals surface area contributed by atoms with Crippen LogP contribution >= 0.6 is 0 Å². The normalized spacial score (nSPS) is 17.7. The molecule has 1 aromatic carbocycles. The second-order valence-corrected chi connectivity index (χ2v) is 6.23. The molecule has 0 heterocycles. The largest absolute Gasteiger partial charge is 0.380 e. The molecule has 18 heavy (non-hydrogen) atoms. The summed E-state index contributed by atoms with van der Waals surface area (Å²) in [6.45, 7) is 0. The summed E-state index contributed by atoms with van der Waals surface area (Å²) in [5.74, 6) is -0.577. The van der Waals surface area contributed by atoms with Crippen molar-refractivity contribution in [3.63, 3.8) is 0 Å². The summed E-state index contributed by atoms with van der Waals surface area (Å²) in [6.07, 6.45) is 5.57. The zero-order valence-corrected chi connectivity index (χ0v) is 10.8. The number of anilines is 1. The molecule has 2 rings (SSSR count). The molecule has 1 aliphatic carbocycles. The van der Waals surface area contributed by atoms with Crippen molar-refractivity contribution < 1.29 is 12.8 Å². The summed E-state index contributed by atoms with van der Waals surface area (Å²) in [7, 11) is -3.84. The maximum atomic E-state index is 13.8. The molecule has 0 saturated heterocycles. The monoisotopic (exact) mass is 272 g/mol. The van der Waals surface area contributed by atoms with E-state index in [0.717, 1.165) is 31.7 Å². The van der Waals surface area contributed by atoms with Crippen LogP contribution in [0.15, 0.2) is 23.1 Å². The van der Waals surface area contributed by atoms with Crippen LogP contribution in [-0.4, -0.2) is 14.5 Å². The van der Waals surface area contributed by atoms with Crippen LogP contribution < -0.4 is 10.5 Å². The van der Waals surface area contributed by atoms with Gasteiger partial charge in [-0.15, -0.1) is 0 Å². The van der Waals surface area contributed by atoms with E-state index in [1.165, 1.54) is 18.6 Å². The molecule has 1 fully saturated rings. The third kappa shape index (κ3) is 3.20. The first-order chi connectivity index (χ1) is 8.47. The highest BCUT2D eigenvalue weighted by Crippen LogP contribution is 2.24. The van der Waals surface area contributed by atoms with Gasteiger partial charge in [0.15, 0.2) is 0 Å². The Morgan fingerprint density at radius 3 is 2.44 bits per heavy atom. The Kier molecular flexibility index (Phi) is 3.87. The fourth-order valence-electron chi connectivity index (χ4n) is 2.26. The van der Waals surface area contributed by atoms with E-state index in [-0.39, 0.29) is 10.9 Å². The van der Waals surface area contributed by atoms with Gasteiger partial charge in [0.05, 0.1) is 10.6 Å². The first-order valence-electron chi connectivity index (χ1n) is 6.06. The number of primary sulfonamides is 1. The standard InChI is InChI=1S/C12H17FN2O2S/c13-11-8-10(18(14,16)17)6-7-12(11)15-9-4-2-1-3-5-9/h6-9,15H,1-5H2,(H2,14,16,17). The van der Waals surface area contributed by atoms with Crippen LogP contribution in [0.3, 0.4) is 0 Å². The summed E-state index contributed by atoms with van der Waals surface area (Å²) in [5.41, 5.74) is 0.342. The molecule has 1 aliphatic rings. The van der Waals surface area contributed by atoms with E-state index in [4.69, 9.17) is 5.14 Å². The summed E-state index contributed by atoms with van der Waals surface area (Å²) in [6, 6.07) is 3.99. The van der Waals surface area contributed by atoms with Crippen molar-refractivity contribution in [3.05, 3.63) is 24.0 Å². The average Bonchev–Trinajstić information content (AvgIpc) is 2.32. The minimum absolute atomic E-state index is 0.200. The second kappa shape index (κ2) is 5.24. The van der Waals surface area contributed by atoms with Gasteiger partial charge in [-0.3, -0.25) is 0 Å². The molecule has 6 heteroatoms. The smallest absolute Gasteiger partial charge is 0.238 e. The van der Waals surface area contributed by atoms with E-state index in [9.17, 15) is 12.8 Å². The molecular formula is C12H17FN2O2S. The summed E-state index contributed by atoms with van der Waals surface area (Å²) in [5, 5.41) is 8.06. The van der Waals surface area contributed by atoms with E-state index in [0.29, 0.717) is 5.69 Å². The van der Waals surface area contributed by atoms with Crippen molar-refractivity contribution in [3.8, 4) is 0 Å². The quantitative estimate of drug-likeness (QED) is 0.886. The fraction of sp³-hybridized carbons (Fsp3) is 0.500. The van der Waals surface area contributed by atoms with Gasteiger partial charge >= 0.3 is 0 Å². The summed E-state index contributed by atoms with van der Waals surface area (Å²) >= 11 is 0. The third-order valence-electron chi connectivity index (χ3n) is 3.23. The molecule has 1 saturated carbocycles. The molecule has 0 radical (unpaired) electrons. The molecule has 0 atom stereocenters. The van der Waals surface area contributed by atoms with E-state index < -0.39 is 15.8 Å². The lowest BCUT2D eigenvalue weighted by Crippen LogP contribution is -2.23. The van der Waals surface area contributed by atoms with Gasteiger partial charge in [-0.05, 0) is 31.0 Å². The molecular weight excluding hydrogens is 255 g/mol. The predicted molar refractivity (Wildman–Crippen MR) is 68.3 cm³/mol. The minimum Gasteiger partial charge on any atom is -0.380 e. The molecule has 3 N–H and O–H groups in total. The van der Waals surface area contributed by atoms with E-state index in [1.54, 1.807) is 0 Å². The zero-order chi connectivity index (χ0) is 13.2. The van der Waals surface area contributed by atoms with Gasteiger partial charge in [-0.25, -0.2) is 17.9 Å². The maximum Gasteiger partial charge on any atom is 0.238 e. The lowest BCUT2D eigenvalue weighted by atomic mass is 9.95. The van der Waals surface area contributed by atoms with Gasteiger partial charge in [0.2, 0.25) is 10.0 Å². The number of sulfonamides is 1. The Hall–Kier alpha value is -1.14. The Balaban J connectivity index is 2.14. The number of hydrogen-bond acceptors (Lipinski definition) is 3. The van der Waals surface area contributed by atoms with Crippen LogP contribution in [-0.2, 0) is 10.0 Å². The molecule has 0 aromatic heterocycles. The molecule has 100 valence electrons. The van der Waals surface area contributed by atoms with E-state index in [2.05, 4.69) is 5.32 Å². The van der Waals surface area contributed by atoms with Gasteiger partial charge in [0.1, 0.15) is 5.82 Å². The number of nitrogens with one attached hydrogen (secondary N) is 1. The van der Waals surface area contributed by atoms with Crippen molar-refractivity contribution in [2.45, 2.75) is 43.0 Å². The Bertz CT molecular complexity index is 525. The molecule has 0 amide bonds. The van der Waals surface area contributed by atoms with Crippen LogP contribution in [0.1, 0.15) is 32.1 Å². The van der Waals surface area contributed by atoms with Crippen LogP contribution in [0.4, 0.5) is 10.1 Å². The fourth-order valence-corrected chi connectivity index (χ4v) is 2.78. The molecule has 0 unspecified atom stereocenters. The molecule has 0 bridgehead atoms. The van der Waals surface area contributed by atoms with Crippen LogP contribution in [0.25, 0.3) is 0 Å². The first kappa shape index (κ1) is 13.3. The lowest BCUT2D eigenvalue weighted by molar-refractivity contribution is 0.460. The van der Waals surface area contributed by atoms with E-state index >= 15 is 0 Å². The number of nitrogens with two attached hydrogens (primary N) is 1. The molecule has 0 aliphatic heterocycles.